The van der Waals surface area contributed by atoms with Crippen molar-refractivity contribution in [3.63, 3.8) is 0 Å². The lowest BCUT2D eigenvalue weighted by atomic mass is 10.1. The summed E-state index contributed by atoms with van der Waals surface area (Å²) in [4.78, 5) is 7.39. The number of aromatic nitrogens is 1. The summed E-state index contributed by atoms with van der Waals surface area (Å²) in [6, 6.07) is 16.2. The van der Waals surface area contributed by atoms with Gasteiger partial charge in [0.15, 0.2) is 0 Å². The van der Waals surface area contributed by atoms with E-state index in [-0.39, 0.29) is 0 Å². The molecular formula is C26H29Cl2N3. The quantitative estimate of drug-likeness (QED) is 0.404. The van der Waals surface area contributed by atoms with Crippen LogP contribution in [0.2, 0.25) is 10.0 Å². The first-order valence-corrected chi connectivity index (χ1v) is 11.9. The first-order valence-electron chi connectivity index (χ1n) is 11.1. The van der Waals surface area contributed by atoms with Crippen molar-refractivity contribution in [2.45, 2.75) is 38.6 Å². The molecule has 1 aliphatic heterocycles. The molecule has 5 heteroatoms. The van der Waals surface area contributed by atoms with Crippen molar-refractivity contribution in [1.29, 1.82) is 0 Å². The van der Waals surface area contributed by atoms with Gasteiger partial charge in [-0.3, -0.25) is 0 Å². The zero-order valence-corrected chi connectivity index (χ0v) is 19.5. The van der Waals surface area contributed by atoms with Gasteiger partial charge >= 0.3 is 0 Å². The number of nitrogens with zero attached hydrogens (tertiary/aromatic N) is 2. The number of fused-ring (bicyclic) bond motifs is 1. The smallest absolute Gasteiger partial charge is 0.0744 e. The topological polar surface area (TPSA) is 28.2 Å². The number of hydrogen-bond acceptors (Lipinski definition) is 3. The third-order valence-corrected chi connectivity index (χ3v) is 6.44. The predicted octanol–water partition coefficient (Wildman–Crippen LogP) is 7.39. The van der Waals surface area contributed by atoms with E-state index in [9.17, 15) is 0 Å². The summed E-state index contributed by atoms with van der Waals surface area (Å²) in [6.45, 7) is 5.87. The monoisotopic (exact) mass is 453 g/mol. The number of anilines is 1. The van der Waals surface area contributed by atoms with E-state index in [2.05, 4.69) is 23.2 Å². The van der Waals surface area contributed by atoms with Gasteiger partial charge in [0.1, 0.15) is 0 Å². The van der Waals surface area contributed by atoms with E-state index in [0.717, 1.165) is 45.8 Å². The maximum atomic E-state index is 6.30. The van der Waals surface area contributed by atoms with Crippen LogP contribution in [0, 0.1) is 0 Å². The molecule has 2 heterocycles. The van der Waals surface area contributed by atoms with Gasteiger partial charge in [0.25, 0.3) is 0 Å². The molecule has 2 aromatic carbocycles. The lowest BCUT2D eigenvalue weighted by molar-refractivity contribution is 0.224. The summed E-state index contributed by atoms with van der Waals surface area (Å²) < 4.78 is 0. The maximum absolute atomic E-state index is 6.30. The molecule has 1 saturated heterocycles. The number of likely N-dealkylation sites (tertiary alicyclic amines) is 1. The molecule has 0 bridgehead atoms. The first-order chi connectivity index (χ1) is 15.1. The lowest BCUT2D eigenvalue weighted by Crippen LogP contribution is -2.33. The van der Waals surface area contributed by atoms with Crippen LogP contribution in [-0.4, -0.2) is 35.6 Å². The standard InChI is InChI=1S/C26H29Cl2N3/c1-19(13-16-31-14-5-2-6-15-31)29-26-18-22(11-9-20-7-3-4-8-24(20)28)30-25-17-21(27)10-12-23(25)26/h3-4,7-12,17-19H,2,5-6,13-16H2,1H3,(H,29,30)/b11-9+. The van der Waals surface area contributed by atoms with Crippen molar-refractivity contribution >= 4 is 51.9 Å². The summed E-state index contributed by atoms with van der Waals surface area (Å²) in [5.41, 5.74) is 3.83. The minimum atomic E-state index is 0.364. The van der Waals surface area contributed by atoms with Gasteiger partial charge in [-0.05, 0) is 81.2 Å². The molecule has 1 unspecified atom stereocenters. The van der Waals surface area contributed by atoms with Crippen molar-refractivity contribution in [2.75, 3.05) is 25.0 Å². The van der Waals surface area contributed by atoms with Crippen molar-refractivity contribution in [2.24, 2.45) is 0 Å². The molecule has 1 N–H and O–H groups in total. The largest absolute Gasteiger partial charge is 0.382 e. The fraction of sp³-hybridized carbons (Fsp3) is 0.346. The molecule has 0 aliphatic carbocycles. The Kier molecular flexibility index (Phi) is 7.49. The highest BCUT2D eigenvalue weighted by Gasteiger charge is 2.13. The summed E-state index contributed by atoms with van der Waals surface area (Å²) in [5, 5.41) is 6.23. The fourth-order valence-corrected chi connectivity index (χ4v) is 4.47. The number of hydrogen-bond donors (Lipinski definition) is 1. The highest BCUT2D eigenvalue weighted by Crippen LogP contribution is 2.28. The normalized spacial score (nSPS) is 16.1. The van der Waals surface area contributed by atoms with Gasteiger partial charge in [-0.2, -0.15) is 0 Å². The number of benzene rings is 2. The number of pyridine rings is 1. The van der Waals surface area contributed by atoms with Gasteiger partial charge in [0.2, 0.25) is 0 Å². The number of piperidine rings is 1. The Hall–Kier alpha value is -2.07. The Morgan fingerprint density at radius 2 is 1.84 bits per heavy atom. The second-order valence-electron chi connectivity index (χ2n) is 8.35. The van der Waals surface area contributed by atoms with Crippen LogP contribution >= 0.6 is 23.2 Å². The van der Waals surface area contributed by atoms with Crippen LogP contribution in [0.3, 0.4) is 0 Å². The third kappa shape index (κ3) is 6.00. The number of halogens is 2. The Morgan fingerprint density at radius 3 is 2.65 bits per heavy atom. The molecular weight excluding hydrogens is 425 g/mol. The Labute approximate surface area is 195 Å². The first kappa shape index (κ1) is 22.1. The second kappa shape index (κ2) is 10.5. The van der Waals surface area contributed by atoms with Crippen LogP contribution in [0.25, 0.3) is 23.1 Å². The number of rotatable bonds is 7. The third-order valence-electron chi connectivity index (χ3n) is 5.86. The van der Waals surface area contributed by atoms with Crippen molar-refractivity contribution in [3.05, 3.63) is 69.8 Å². The maximum Gasteiger partial charge on any atom is 0.0744 e. The summed E-state index contributed by atoms with van der Waals surface area (Å²) >= 11 is 12.6. The van der Waals surface area contributed by atoms with Crippen LogP contribution in [0.5, 0.6) is 0 Å². The highest BCUT2D eigenvalue weighted by molar-refractivity contribution is 6.32. The van der Waals surface area contributed by atoms with Crippen LogP contribution in [0.4, 0.5) is 5.69 Å². The molecule has 1 aliphatic rings. The highest BCUT2D eigenvalue weighted by atomic mass is 35.5. The second-order valence-corrected chi connectivity index (χ2v) is 9.19. The van der Waals surface area contributed by atoms with Gasteiger partial charge in [-0.1, -0.05) is 53.9 Å². The fourth-order valence-electron chi connectivity index (χ4n) is 4.11. The SMILES string of the molecule is CC(CCN1CCCCC1)Nc1cc(/C=C/c2ccccc2Cl)nc2cc(Cl)ccc12. The van der Waals surface area contributed by atoms with Crippen LogP contribution in [-0.2, 0) is 0 Å². The van der Waals surface area contributed by atoms with Crippen LogP contribution in [0.1, 0.15) is 43.9 Å². The van der Waals surface area contributed by atoms with E-state index in [1.54, 1.807) is 0 Å². The van der Waals surface area contributed by atoms with Crippen molar-refractivity contribution in [3.8, 4) is 0 Å². The van der Waals surface area contributed by atoms with Gasteiger partial charge in [0, 0.05) is 33.7 Å². The predicted molar refractivity (Wildman–Crippen MR) is 135 cm³/mol. The molecule has 0 spiro atoms. The Morgan fingerprint density at radius 1 is 1.03 bits per heavy atom. The van der Waals surface area contributed by atoms with E-state index in [4.69, 9.17) is 28.2 Å². The molecule has 0 radical (unpaired) electrons. The minimum absolute atomic E-state index is 0.364. The molecule has 4 rings (SSSR count). The zero-order valence-electron chi connectivity index (χ0n) is 18.0. The van der Waals surface area contributed by atoms with Crippen LogP contribution < -0.4 is 5.32 Å². The van der Waals surface area contributed by atoms with Gasteiger partial charge in [-0.15, -0.1) is 0 Å². The molecule has 3 aromatic rings. The Balaban J connectivity index is 1.55. The Bertz CT molecular complexity index is 1060. The molecule has 0 saturated carbocycles. The average Bonchev–Trinajstić information content (AvgIpc) is 2.77. The van der Waals surface area contributed by atoms with Gasteiger partial charge in [-0.25, -0.2) is 4.98 Å². The zero-order chi connectivity index (χ0) is 21.6. The minimum Gasteiger partial charge on any atom is -0.382 e. The van der Waals surface area contributed by atoms with E-state index in [1.807, 2.05) is 54.6 Å². The van der Waals surface area contributed by atoms with E-state index in [1.165, 1.54) is 32.4 Å². The molecule has 0 amide bonds. The van der Waals surface area contributed by atoms with Crippen LogP contribution in [0.15, 0.2) is 48.5 Å². The molecule has 3 nitrogen and oxygen atoms in total. The molecule has 1 fully saturated rings. The van der Waals surface area contributed by atoms with Gasteiger partial charge < -0.3 is 10.2 Å². The van der Waals surface area contributed by atoms with E-state index >= 15 is 0 Å². The molecule has 1 atom stereocenters. The average molecular weight is 454 g/mol. The van der Waals surface area contributed by atoms with Crippen molar-refractivity contribution in [1.82, 2.24) is 9.88 Å². The van der Waals surface area contributed by atoms with Gasteiger partial charge in [0.05, 0.1) is 11.2 Å². The molecule has 31 heavy (non-hydrogen) atoms. The summed E-state index contributed by atoms with van der Waals surface area (Å²) in [6.07, 6.45) is 9.16. The summed E-state index contributed by atoms with van der Waals surface area (Å²) in [7, 11) is 0. The number of nitrogens with one attached hydrogen (secondary N) is 1. The molecule has 162 valence electrons. The van der Waals surface area contributed by atoms with E-state index < -0.39 is 0 Å². The van der Waals surface area contributed by atoms with Crippen molar-refractivity contribution < 1.29 is 0 Å². The summed E-state index contributed by atoms with van der Waals surface area (Å²) in [5.74, 6) is 0. The lowest BCUT2D eigenvalue weighted by Gasteiger charge is -2.28. The molecule has 1 aromatic heterocycles. The van der Waals surface area contributed by atoms with E-state index in [0.29, 0.717) is 11.1 Å².